The minimum atomic E-state index is 1.10. The monoisotopic (exact) mass is 123 g/mol. The molecule has 0 spiro atoms. The highest BCUT2D eigenvalue weighted by atomic mass is 14.9. The Labute approximate surface area is 56.5 Å². The van der Waals surface area contributed by atoms with Gasteiger partial charge in [0.05, 0.1) is 0 Å². The molecule has 1 aliphatic rings. The van der Waals surface area contributed by atoms with E-state index in [0.29, 0.717) is 0 Å². The van der Waals surface area contributed by atoms with Crippen molar-refractivity contribution in [2.75, 3.05) is 6.54 Å². The first-order valence-electron chi connectivity index (χ1n) is 3.47. The Hall–Kier alpha value is -0.720. The minimum Gasteiger partial charge on any atom is -0.388 e. The summed E-state index contributed by atoms with van der Waals surface area (Å²) in [7, 11) is 0. The fourth-order valence-electron chi connectivity index (χ4n) is 0.819. The second kappa shape index (κ2) is 3.33. The molecule has 1 saturated heterocycles. The molecule has 1 N–H and O–H groups in total. The summed E-state index contributed by atoms with van der Waals surface area (Å²) in [5.74, 6) is 0. The third kappa shape index (κ3) is 1.92. The highest BCUT2D eigenvalue weighted by molar-refractivity contribution is 5.07. The van der Waals surface area contributed by atoms with E-state index in [1.807, 2.05) is 6.08 Å². The average molecular weight is 123 g/mol. The van der Waals surface area contributed by atoms with Crippen LogP contribution >= 0.6 is 0 Å². The second-order valence-electron chi connectivity index (χ2n) is 2.27. The van der Waals surface area contributed by atoms with Crippen LogP contribution in [0.3, 0.4) is 0 Å². The fraction of sp³-hybridized carbons (Fsp3) is 0.500. The molecule has 50 valence electrons. The predicted octanol–water partition coefficient (Wildman–Crippen LogP) is 1.83. The lowest BCUT2D eigenvalue weighted by atomic mass is 10.1. The maximum atomic E-state index is 3.65. The van der Waals surface area contributed by atoms with Crippen molar-refractivity contribution in [1.82, 2.24) is 5.32 Å². The van der Waals surface area contributed by atoms with E-state index in [1.165, 1.54) is 18.7 Å². The highest BCUT2D eigenvalue weighted by Crippen LogP contribution is 2.07. The van der Waals surface area contributed by atoms with Crippen molar-refractivity contribution in [3.8, 4) is 0 Å². The summed E-state index contributed by atoms with van der Waals surface area (Å²) in [6.07, 6.45) is 7.70. The van der Waals surface area contributed by atoms with Gasteiger partial charge in [0.2, 0.25) is 0 Å². The topological polar surface area (TPSA) is 12.0 Å². The maximum absolute atomic E-state index is 3.65. The van der Waals surface area contributed by atoms with Crippen LogP contribution in [0.15, 0.2) is 24.4 Å². The number of nitrogens with one attached hydrogen (secondary N) is 1. The molecule has 0 saturated carbocycles. The van der Waals surface area contributed by atoms with Crippen LogP contribution in [-0.2, 0) is 0 Å². The van der Waals surface area contributed by atoms with E-state index in [0.717, 1.165) is 12.8 Å². The molecule has 0 amide bonds. The lowest BCUT2D eigenvalue weighted by Crippen LogP contribution is -2.27. The molecule has 0 unspecified atom stereocenters. The highest BCUT2D eigenvalue weighted by Gasteiger charge is 2.03. The molecular weight excluding hydrogens is 110 g/mol. The molecule has 1 fully saturated rings. The molecule has 0 bridgehead atoms. The fourth-order valence-corrected chi connectivity index (χ4v) is 0.819. The zero-order chi connectivity index (χ0) is 6.53. The van der Waals surface area contributed by atoms with E-state index in [-0.39, 0.29) is 0 Å². The zero-order valence-electron chi connectivity index (χ0n) is 5.69. The van der Waals surface area contributed by atoms with Crippen LogP contribution in [0, 0.1) is 0 Å². The Bertz CT molecular complexity index is 119. The molecule has 1 heteroatoms. The van der Waals surface area contributed by atoms with Crippen molar-refractivity contribution >= 4 is 0 Å². The second-order valence-corrected chi connectivity index (χ2v) is 2.27. The molecule has 0 atom stereocenters. The van der Waals surface area contributed by atoms with E-state index >= 15 is 0 Å². The molecule has 0 aromatic carbocycles. The summed E-state index contributed by atoms with van der Waals surface area (Å²) in [5, 5.41) is 3.23. The van der Waals surface area contributed by atoms with Crippen molar-refractivity contribution in [2.45, 2.75) is 19.3 Å². The van der Waals surface area contributed by atoms with Gasteiger partial charge in [-0.1, -0.05) is 12.2 Å². The third-order valence-corrected chi connectivity index (χ3v) is 1.51. The predicted molar refractivity (Wildman–Crippen MR) is 40.1 cm³/mol. The molecule has 0 aromatic rings. The lowest BCUT2D eigenvalue weighted by Gasteiger charge is -2.19. The summed E-state index contributed by atoms with van der Waals surface area (Å²) in [6.45, 7) is 4.82. The van der Waals surface area contributed by atoms with Crippen LogP contribution in [0.5, 0.6) is 0 Å². The maximum Gasteiger partial charge on any atom is 0.0198 e. The quantitative estimate of drug-likeness (QED) is 0.446. The Morgan fingerprint density at radius 2 is 2.33 bits per heavy atom. The van der Waals surface area contributed by atoms with E-state index in [2.05, 4.69) is 18.0 Å². The Kier molecular flexibility index (Phi) is 2.37. The molecule has 0 aliphatic carbocycles. The number of hydrogen-bond acceptors (Lipinski definition) is 1. The first-order valence-corrected chi connectivity index (χ1v) is 3.47. The summed E-state index contributed by atoms with van der Waals surface area (Å²) >= 11 is 0. The van der Waals surface area contributed by atoms with Crippen LogP contribution in [0.2, 0.25) is 0 Å². The number of hydrogen-bond donors (Lipinski definition) is 1. The van der Waals surface area contributed by atoms with Crippen molar-refractivity contribution in [1.29, 1.82) is 0 Å². The average Bonchev–Trinajstić information content (AvgIpc) is 1.76. The van der Waals surface area contributed by atoms with Crippen molar-refractivity contribution in [2.24, 2.45) is 0 Å². The Morgan fingerprint density at radius 3 is 2.78 bits per heavy atom. The first-order chi connectivity index (χ1) is 4.43. The van der Waals surface area contributed by atoms with Gasteiger partial charge in [-0.25, -0.2) is 0 Å². The molecular formula is C8H13N. The SMILES string of the molecule is C=CCC/C=C1/CCN1. The lowest BCUT2D eigenvalue weighted by molar-refractivity contribution is 0.627. The van der Waals surface area contributed by atoms with Crippen LogP contribution in [0.25, 0.3) is 0 Å². The van der Waals surface area contributed by atoms with Gasteiger partial charge in [-0.05, 0) is 12.8 Å². The number of unbranched alkanes of at least 4 members (excludes halogenated alkanes) is 1. The zero-order valence-corrected chi connectivity index (χ0v) is 5.69. The number of rotatable bonds is 3. The first kappa shape index (κ1) is 6.40. The van der Waals surface area contributed by atoms with E-state index in [9.17, 15) is 0 Å². The van der Waals surface area contributed by atoms with E-state index < -0.39 is 0 Å². The summed E-state index contributed by atoms with van der Waals surface area (Å²) in [4.78, 5) is 0. The summed E-state index contributed by atoms with van der Waals surface area (Å²) < 4.78 is 0. The van der Waals surface area contributed by atoms with Crippen LogP contribution in [0.4, 0.5) is 0 Å². The van der Waals surface area contributed by atoms with Crippen LogP contribution in [0.1, 0.15) is 19.3 Å². The van der Waals surface area contributed by atoms with Gasteiger partial charge in [0, 0.05) is 18.7 Å². The van der Waals surface area contributed by atoms with Gasteiger partial charge >= 0.3 is 0 Å². The van der Waals surface area contributed by atoms with E-state index in [1.54, 1.807) is 0 Å². The number of allylic oxidation sites excluding steroid dienone is 2. The van der Waals surface area contributed by atoms with Gasteiger partial charge in [-0.15, -0.1) is 6.58 Å². The molecule has 9 heavy (non-hydrogen) atoms. The third-order valence-electron chi connectivity index (χ3n) is 1.51. The van der Waals surface area contributed by atoms with Crippen molar-refractivity contribution in [3.63, 3.8) is 0 Å². The molecule has 1 nitrogen and oxygen atoms in total. The molecule has 0 radical (unpaired) electrons. The van der Waals surface area contributed by atoms with E-state index in [4.69, 9.17) is 0 Å². The Balaban J connectivity index is 2.07. The van der Waals surface area contributed by atoms with Gasteiger partial charge in [0.25, 0.3) is 0 Å². The largest absolute Gasteiger partial charge is 0.388 e. The summed E-state index contributed by atoms with van der Waals surface area (Å²) in [5.41, 5.74) is 1.41. The molecule has 1 rings (SSSR count). The van der Waals surface area contributed by atoms with Gasteiger partial charge in [0.15, 0.2) is 0 Å². The van der Waals surface area contributed by atoms with Gasteiger partial charge in [-0.2, -0.15) is 0 Å². The van der Waals surface area contributed by atoms with Crippen LogP contribution in [-0.4, -0.2) is 6.54 Å². The molecule has 1 heterocycles. The standard InChI is InChI=1S/C8H13N/c1-2-3-4-5-8-6-7-9-8/h2,5,9H,1,3-4,6-7H2/b8-5-. The van der Waals surface area contributed by atoms with Gasteiger partial charge < -0.3 is 5.32 Å². The minimum absolute atomic E-state index is 1.10. The molecule has 1 aliphatic heterocycles. The van der Waals surface area contributed by atoms with Gasteiger partial charge in [0.1, 0.15) is 0 Å². The summed E-state index contributed by atoms with van der Waals surface area (Å²) in [6, 6.07) is 0. The Morgan fingerprint density at radius 1 is 1.56 bits per heavy atom. The molecule has 0 aromatic heterocycles. The smallest absolute Gasteiger partial charge is 0.0198 e. The van der Waals surface area contributed by atoms with Crippen LogP contribution < -0.4 is 5.32 Å². The van der Waals surface area contributed by atoms with Gasteiger partial charge in [-0.3, -0.25) is 0 Å². The normalized spacial score (nSPS) is 20.7. The van der Waals surface area contributed by atoms with Crippen molar-refractivity contribution < 1.29 is 0 Å². The van der Waals surface area contributed by atoms with Crippen molar-refractivity contribution in [3.05, 3.63) is 24.4 Å².